The molecule has 0 rings (SSSR count). The molecule has 0 saturated heterocycles. The highest BCUT2D eigenvalue weighted by Crippen LogP contribution is 1.96. The highest BCUT2D eigenvalue weighted by molar-refractivity contribution is 5.73. The Kier molecular flexibility index (Phi) is 5.66. The van der Waals surface area contributed by atoms with Crippen molar-refractivity contribution in [1.29, 1.82) is 0 Å². The Morgan fingerprint density at radius 1 is 1.67 bits per heavy atom. The number of rotatable bonds is 6. The van der Waals surface area contributed by atoms with Gasteiger partial charge in [-0.15, -0.1) is 0 Å². The third kappa shape index (κ3) is 5.09. The van der Waals surface area contributed by atoms with E-state index >= 15 is 0 Å². The normalized spacial score (nSPS) is 13.3. The van der Waals surface area contributed by atoms with Crippen molar-refractivity contribution in [3.05, 3.63) is 0 Å². The van der Waals surface area contributed by atoms with E-state index in [1.165, 1.54) is 0 Å². The van der Waals surface area contributed by atoms with Crippen LogP contribution in [0.4, 0.5) is 0 Å². The van der Waals surface area contributed by atoms with Crippen molar-refractivity contribution in [3.63, 3.8) is 0 Å². The molecule has 0 heterocycles. The molecule has 2 N–H and O–H groups in total. The van der Waals surface area contributed by atoms with Crippen molar-refractivity contribution in [2.45, 2.75) is 19.4 Å². The second-order valence-corrected chi connectivity index (χ2v) is 3.00. The lowest BCUT2D eigenvalue weighted by Gasteiger charge is -2.23. The Morgan fingerprint density at radius 3 is 2.67 bits per heavy atom. The van der Waals surface area contributed by atoms with Crippen LogP contribution < -0.4 is 5.73 Å². The second-order valence-electron chi connectivity index (χ2n) is 3.00. The molecule has 72 valence electrons. The summed E-state index contributed by atoms with van der Waals surface area (Å²) in [5.74, 6) is -0.258. The average molecular weight is 174 g/mol. The summed E-state index contributed by atoms with van der Waals surface area (Å²) in [6.45, 7) is 3.42. The topological polar surface area (TPSA) is 55.6 Å². The van der Waals surface area contributed by atoms with Crippen molar-refractivity contribution in [2.75, 3.05) is 27.3 Å². The second kappa shape index (κ2) is 5.97. The lowest BCUT2D eigenvalue weighted by Crippen LogP contribution is -2.35. The molecule has 0 radical (unpaired) electrons. The number of carbonyl (C=O) groups is 1. The molecule has 0 aromatic heterocycles. The van der Waals surface area contributed by atoms with Gasteiger partial charge in [0.25, 0.3) is 0 Å². The highest BCUT2D eigenvalue weighted by Gasteiger charge is 2.08. The Labute approximate surface area is 73.7 Å². The minimum Gasteiger partial charge on any atom is -0.383 e. The molecule has 0 aliphatic heterocycles. The molecule has 0 bridgehead atoms. The van der Waals surface area contributed by atoms with Gasteiger partial charge in [-0.3, -0.25) is 4.79 Å². The third-order valence-corrected chi connectivity index (χ3v) is 1.87. The Morgan fingerprint density at radius 2 is 2.25 bits per heavy atom. The average Bonchev–Trinajstić information content (AvgIpc) is 2.00. The Hall–Kier alpha value is -0.610. The van der Waals surface area contributed by atoms with Crippen molar-refractivity contribution in [2.24, 2.45) is 5.73 Å². The summed E-state index contributed by atoms with van der Waals surface area (Å²) in [5.41, 5.74) is 5.02. The summed E-state index contributed by atoms with van der Waals surface area (Å²) >= 11 is 0. The van der Waals surface area contributed by atoms with Gasteiger partial charge in [-0.25, -0.2) is 0 Å². The molecule has 0 aliphatic rings. The quantitative estimate of drug-likeness (QED) is 0.608. The molecule has 4 nitrogen and oxygen atoms in total. The number of nitrogens with two attached hydrogens (primary N) is 1. The van der Waals surface area contributed by atoms with E-state index in [4.69, 9.17) is 10.5 Å². The van der Waals surface area contributed by atoms with Crippen LogP contribution in [0.3, 0.4) is 0 Å². The lowest BCUT2D eigenvalue weighted by atomic mass is 10.3. The maximum atomic E-state index is 10.4. The van der Waals surface area contributed by atoms with Crippen LogP contribution in [0.2, 0.25) is 0 Å². The SMILES string of the molecule is COCC(C)N(C)CCC(N)=O. The first-order valence-electron chi connectivity index (χ1n) is 4.05. The van der Waals surface area contributed by atoms with Crippen molar-refractivity contribution >= 4 is 5.91 Å². The van der Waals surface area contributed by atoms with Crippen molar-refractivity contribution in [1.82, 2.24) is 4.90 Å². The predicted molar refractivity (Wildman–Crippen MR) is 47.8 cm³/mol. The molecule has 4 heteroatoms. The minimum absolute atomic E-state index is 0.258. The molecule has 12 heavy (non-hydrogen) atoms. The number of carbonyl (C=O) groups excluding carboxylic acids is 1. The van der Waals surface area contributed by atoms with Crippen LogP contribution >= 0.6 is 0 Å². The lowest BCUT2D eigenvalue weighted by molar-refractivity contribution is -0.118. The monoisotopic (exact) mass is 174 g/mol. The van der Waals surface area contributed by atoms with Gasteiger partial charge in [0.2, 0.25) is 5.91 Å². The van der Waals surface area contributed by atoms with Gasteiger partial charge in [0.15, 0.2) is 0 Å². The molecule has 1 amide bonds. The number of amides is 1. The number of hydrogen-bond donors (Lipinski definition) is 1. The number of methoxy groups -OCH3 is 1. The Balaban J connectivity index is 3.55. The summed E-state index contributed by atoms with van der Waals surface area (Å²) < 4.78 is 4.97. The van der Waals surface area contributed by atoms with E-state index in [1.807, 2.05) is 18.9 Å². The van der Waals surface area contributed by atoms with Gasteiger partial charge in [-0.05, 0) is 14.0 Å². The fraction of sp³-hybridized carbons (Fsp3) is 0.875. The predicted octanol–water partition coefficient (Wildman–Crippen LogP) is -0.171. The fourth-order valence-electron chi connectivity index (χ4n) is 0.875. The zero-order chi connectivity index (χ0) is 9.56. The number of likely N-dealkylation sites (N-methyl/N-ethyl adjacent to an activating group) is 1. The van der Waals surface area contributed by atoms with E-state index in [0.29, 0.717) is 25.6 Å². The Bertz CT molecular complexity index is 139. The zero-order valence-electron chi connectivity index (χ0n) is 8.04. The van der Waals surface area contributed by atoms with Gasteiger partial charge in [-0.2, -0.15) is 0 Å². The third-order valence-electron chi connectivity index (χ3n) is 1.87. The maximum absolute atomic E-state index is 10.4. The van der Waals surface area contributed by atoms with Crippen LogP contribution in [0.1, 0.15) is 13.3 Å². The molecule has 0 spiro atoms. The van der Waals surface area contributed by atoms with Crippen molar-refractivity contribution < 1.29 is 9.53 Å². The van der Waals surface area contributed by atoms with E-state index < -0.39 is 0 Å². The van der Waals surface area contributed by atoms with Crippen LogP contribution in [0.5, 0.6) is 0 Å². The van der Waals surface area contributed by atoms with Crippen LogP contribution in [-0.2, 0) is 9.53 Å². The summed E-state index contributed by atoms with van der Waals surface area (Å²) in [4.78, 5) is 12.5. The summed E-state index contributed by atoms with van der Waals surface area (Å²) in [5, 5.41) is 0. The van der Waals surface area contributed by atoms with E-state index in [-0.39, 0.29) is 5.91 Å². The fourth-order valence-corrected chi connectivity index (χ4v) is 0.875. The summed E-state index contributed by atoms with van der Waals surface area (Å²) in [6.07, 6.45) is 0.407. The van der Waals surface area contributed by atoms with Gasteiger partial charge >= 0.3 is 0 Å². The van der Waals surface area contributed by atoms with E-state index in [1.54, 1.807) is 7.11 Å². The van der Waals surface area contributed by atoms with E-state index in [0.717, 1.165) is 0 Å². The standard InChI is InChI=1S/C8H18N2O2/c1-7(6-12-3)10(2)5-4-8(9)11/h7H,4-6H2,1-3H3,(H2,9,11). The molecule has 1 unspecified atom stereocenters. The molecule has 0 aromatic carbocycles. The first-order valence-corrected chi connectivity index (χ1v) is 4.05. The molecule has 0 aliphatic carbocycles. The number of ether oxygens (including phenoxy) is 1. The molecule has 1 atom stereocenters. The first kappa shape index (κ1) is 11.4. The molecule has 0 fully saturated rings. The number of hydrogen-bond acceptors (Lipinski definition) is 3. The number of nitrogens with zero attached hydrogens (tertiary/aromatic N) is 1. The molecular weight excluding hydrogens is 156 g/mol. The van der Waals surface area contributed by atoms with Crippen LogP contribution in [0, 0.1) is 0 Å². The highest BCUT2D eigenvalue weighted by atomic mass is 16.5. The minimum atomic E-state index is -0.258. The van der Waals surface area contributed by atoms with E-state index in [2.05, 4.69) is 0 Å². The first-order chi connectivity index (χ1) is 5.57. The number of primary amides is 1. The molecular formula is C8H18N2O2. The maximum Gasteiger partial charge on any atom is 0.218 e. The van der Waals surface area contributed by atoms with Gasteiger partial charge < -0.3 is 15.4 Å². The van der Waals surface area contributed by atoms with E-state index in [9.17, 15) is 4.79 Å². The van der Waals surface area contributed by atoms with Gasteiger partial charge in [0.1, 0.15) is 0 Å². The van der Waals surface area contributed by atoms with Gasteiger partial charge in [0, 0.05) is 26.1 Å². The smallest absolute Gasteiger partial charge is 0.218 e. The zero-order valence-corrected chi connectivity index (χ0v) is 8.04. The van der Waals surface area contributed by atoms with Gasteiger partial charge in [-0.1, -0.05) is 0 Å². The molecule has 0 saturated carbocycles. The van der Waals surface area contributed by atoms with Crippen molar-refractivity contribution in [3.8, 4) is 0 Å². The van der Waals surface area contributed by atoms with Crippen LogP contribution in [-0.4, -0.2) is 44.2 Å². The molecule has 0 aromatic rings. The van der Waals surface area contributed by atoms with Crippen LogP contribution in [0.15, 0.2) is 0 Å². The summed E-state index contributed by atoms with van der Waals surface area (Å²) in [6, 6.07) is 0.328. The summed E-state index contributed by atoms with van der Waals surface area (Å²) in [7, 11) is 3.62. The van der Waals surface area contributed by atoms with Crippen LogP contribution in [0.25, 0.3) is 0 Å². The largest absolute Gasteiger partial charge is 0.383 e. The van der Waals surface area contributed by atoms with Gasteiger partial charge in [0.05, 0.1) is 6.61 Å².